The molecule has 13 heavy (non-hydrogen) atoms. The Balaban J connectivity index is 2.17. The molecular formula is C8H12BrN3S. The summed E-state index contributed by atoms with van der Waals surface area (Å²) in [7, 11) is 0. The summed E-state index contributed by atoms with van der Waals surface area (Å²) in [5.74, 6) is 0.880. The van der Waals surface area contributed by atoms with Crippen molar-refractivity contribution in [2.24, 2.45) is 0 Å². The van der Waals surface area contributed by atoms with E-state index in [1.807, 2.05) is 6.92 Å². The Morgan fingerprint density at radius 1 is 1.62 bits per heavy atom. The third-order valence-corrected chi connectivity index (χ3v) is 3.79. The number of anilines is 1. The maximum atomic E-state index is 4.39. The molecule has 0 aromatic carbocycles. The van der Waals surface area contributed by atoms with Crippen molar-refractivity contribution in [3.63, 3.8) is 0 Å². The van der Waals surface area contributed by atoms with Crippen molar-refractivity contribution in [1.82, 2.24) is 9.36 Å². The molecule has 1 aromatic rings. The van der Waals surface area contributed by atoms with E-state index in [2.05, 4.69) is 37.1 Å². The first kappa shape index (κ1) is 9.40. The van der Waals surface area contributed by atoms with E-state index in [0.29, 0.717) is 10.9 Å². The molecule has 1 saturated heterocycles. The van der Waals surface area contributed by atoms with Gasteiger partial charge in [-0.15, -0.1) is 0 Å². The Hall–Kier alpha value is -0.160. The van der Waals surface area contributed by atoms with Crippen LogP contribution in [0.1, 0.15) is 19.2 Å². The van der Waals surface area contributed by atoms with Crippen LogP contribution in [0, 0.1) is 6.92 Å². The van der Waals surface area contributed by atoms with E-state index in [9.17, 15) is 0 Å². The molecule has 1 aliphatic rings. The van der Waals surface area contributed by atoms with Crippen molar-refractivity contribution in [3.05, 3.63) is 5.82 Å². The summed E-state index contributed by atoms with van der Waals surface area (Å²) < 4.78 is 4.19. The molecule has 5 heteroatoms. The lowest BCUT2D eigenvalue weighted by Gasteiger charge is -2.18. The van der Waals surface area contributed by atoms with Crippen LogP contribution in [-0.2, 0) is 0 Å². The molecule has 0 radical (unpaired) electrons. The summed E-state index contributed by atoms with van der Waals surface area (Å²) >= 11 is 5.13. The molecule has 0 spiro atoms. The highest BCUT2D eigenvalue weighted by Gasteiger charge is 2.29. The summed E-state index contributed by atoms with van der Waals surface area (Å²) in [6.45, 7) is 5.22. The monoisotopic (exact) mass is 261 g/mol. The van der Waals surface area contributed by atoms with Crippen molar-refractivity contribution in [1.29, 1.82) is 0 Å². The average Bonchev–Trinajstić information content (AvgIpc) is 2.58. The third-order valence-electron chi connectivity index (χ3n) is 2.29. The second-order valence-electron chi connectivity index (χ2n) is 3.46. The molecule has 2 atom stereocenters. The van der Waals surface area contributed by atoms with Gasteiger partial charge in [-0.25, -0.2) is 4.98 Å². The van der Waals surface area contributed by atoms with Crippen molar-refractivity contribution in [3.8, 4) is 0 Å². The quantitative estimate of drug-likeness (QED) is 0.726. The van der Waals surface area contributed by atoms with Gasteiger partial charge in [-0.2, -0.15) is 4.37 Å². The van der Waals surface area contributed by atoms with Gasteiger partial charge in [0.25, 0.3) is 0 Å². The number of alkyl halides is 1. The summed E-state index contributed by atoms with van der Waals surface area (Å²) in [4.78, 5) is 7.32. The van der Waals surface area contributed by atoms with E-state index < -0.39 is 0 Å². The minimum atomic E-state index is 0.580. The van der Waals surface area contributed by atoms with E-state index in [-0.39, 0.29) is 0 Å². The van der Waals surface area contributed by atoms with E-state index in [1.54, 1.807) is 0 Å². The Kier molecular flexibility index (Phi) is 2.55. The zero-order valence-corrected chi connectivity index (χ0v) is 10.1. The normalized spacial score (nSPS) is 28.4. The number of hydrogen-bond donors (Lipinski definition) is 0. The molecule has 0 aliphatic carbocycles. The maximum absolute atomic E-state index is 4.39. The van der Waals surface area contributed by atoms with E-state index in [0.717, 1.165) is 17.5 Å². The second-order valence-corrected chi connectivity index (χ2v) is 5.48. The van der Waals surface area contributed by atoms with Gasteiger partial charge < -0.3 is 4.90 Å². The van der Waals surface area contributed by atoms with E-state index in [1.165, 1.54) is 18.0 Å². The summed E-state index contributed by atoms with van der Waals surface area (Å²) in [6.07, 6.45) is 1.19. The highest BCUT2D eigenvalue weighted by Crippen LogP contribution is 2.29. The minimum absolute atomic E-state index is 0.580. The van der Waals surface area contributed by atoms with Crippen molar-refractivity contribution >= 4 is 32.6 Å². The van der Waals surface area contributed by atoms with Gasteiger partial charge in [0.2, 0.25) is 5.13 Å². The molecule has 3 nitrogen and oxygen atoms in total. The highest BCUT2D eigenvalue weighted by molar-refractivity contribution is 9.09. The van der Waals surface area contributed by atoms with Gasteiger partial charge in [0.05, 0.1) is 0 Å². The lowest BCUT2D eigenvalue weighted by atomic mass is 10.2. The fraction of sp³-hybridized carbons (Fsp3) is 0.750. The van der Waals surface area contributed by atoms with Crippen LogP contribution in [0.25, 0.3) is 0 Å². The molecule has 0 saturated carbocycles. The van der Waals surface area contributed by atoms with Gasteiger partial charge in [0.15, 0.2) is 0 Å². The molecule has 0 N–H and O–H groups in total. The average molecular weight is 262 g/mol. The van der Waals surface area contributed by atoms with Crippen LogP contribution in [0.2, 0.25) is 0 Å². The van der Waals surface area contributed by atoms with Crippen LogP contribution in [-0.4, -0.2) is 26.8 Å². The Labute approximate surface area is 90.5 Å². The molecule has 0 bridgehead atoms. The molecule has 72 valence electrons. The zero-order chi connectivity index (χ0) is 9.42. The van der Waals surface area contributed by atoms with Gasteiger partial charge in [0, 0.05) is 28.9 Å². The van der Waals surface area contributed by atoms with Crippen LogP contribution in [0.4, 0.5) is 5.13 Å². The molecule has 2 heterocycles. The standard InChI is InChI=1S/C8H12BrN3S/c1-5-3-7(9)4-12(5)8-10-6(2)11-13-8/h5,7H,3-4H2,1-2H3. The van der Waals surface area contributed by atoms with Crippen LogP contribution in [0.15, 0.2) is 0 Å². The first-order valence-electron chi connectivity index (χ1n) is 4.38. The van der Waals surface area contributed by atoms with Gasteiger partial charge in [-0.1, -0.05) is 15.9 Å². The predicted octanol–water partition coefficient (Wildman–Crippen LogP) is 2.21. The minimum Gasteiger partial charge on any atom is -0.343 e. The van der Waals surface area contributed by atoms with Crippen molar-refractivity contribution in [2.75, 3.05) is 11.4 Å². The highest BCUT2D eigenvalue weighted by atomic mass is 79.9. The maximum Gasteiger partial charge on any atom is 0.205 e. The van der Waals surface area contributed by atoms with Gasteiger partial charge >= 0.3 is 0 Å². The molecule has 0 amide bonds. The summed E-state index contributed by atoms with van der Waals surface area (Å²) in [5, 5.41) is 1.06. The molecule has 2 rings (SSSR count). The van der Waals surface area contributed by atoms with Crippen LogP contribution in [0.5, 0.6) is 0 Å². The number of rotatable bonds is 1. The third kappa shape index (κ3) is 1.86. The summed E-state index contributed by atoms with van der Waals surface area (Å²) in [6, 6.07) is 0.580. The largest absolute Gasteiger partial charge is 0.343 e. The predicted molar refractivity (Wildman–Crippen MR) is 58.8 cm³/mol. The molecule has 1 fully saturated rings. The smallest absolute Gasteiger partial charge is 0.205 e. The second kappa shape index (κ2) is 3.53. The number of halogens is 1. The van der Waals surface area contributed by atoms with Gasteiger partial charge in [-0.3, -0.25) is 0 Å². The van der Waals surface area contributed by atoms with E-state index in [4.69, 9.17) is 0 Å². The molecular weight excluding hydrogens is 250 g/mol. The van der Waals surface area contributed by atoms with Crippen LogP contribution in [0.3, 0.4) is 0 Å². The van der Waals surface area contributed by atoms with Gasteiger partial charge in [0.1, 0.15) is 5.82 Å². The first-order valence-corrected chi connectivity index (χ1v) is 6.06. The number of aromatic nitrogens is 2. The Bertz CT molecular complexity index is 301. The molecule has 1 aromatic heterocycles. The number of hydrogen-bond acceptors (Lipinski definition) is 4. The molecule has 2 unspecified atom stereocenters. The number of nitrogens with zero attached hydrogens (tertiary/aromatic N) is 3. The SMILES string of the molecule is Cc1nsc(N2CC(Br)CC2C)n1. The zero-order valence-electron chi connectivity index (χ0n) is 7.70. The fourth-order valence-corrected chi connectivity index (χ4v) is 3.27. The first-order chi connectivity index (χ1) is 6.16. The lowest BCUT2D eigenvalue weighted by molar-refractivity contribution is 0.735. The van der Waals surface area contributed by atoms with Crippen LogP contribution >= 0.6 is 27.5 Å². The summed E-state index contributed by atoms with van der Waals surface area (Å²) in [5.41, 5.74) is 0. The number of aryl methyl sites for hydroxylation is 1. The van der Waals surface area contributed by atoms with E-state index >= 15 is 0 Å². The Morgan fingerprint density at radius 3 is 2.85 bits per heavy atom. The molecule has 1 aliphatic heterocycles. The topological polar surface area (TPSA) is 29.0 Å². The van der Waals surface area contributed by atoms with Gasteiger partial charge in [-0.05, 0) is 20.3 Å². The van der Waals surface area contributed by atoms with Crippen molar-refractivity contribution in [2.45, 2.75) is 31.1 Å². The fourth-order valence-electron chi connectivity index (χ4n) is 1.63. The van der Waals surface area contributed by atoms with Crippen molar-refractivity contribution < 1.29 is 0 Å². The van der Waals surface area contributed by atoms with Crippen LogP contribution < -0.4 is 4.90 Å². The lowest BCUT2D eigenvalue weighted by Crippen LogP contribution is -2.26. The Morgan fingerprint density at radius 2 is 2.38 bits per heavy atom.